The summed E-state index contributed by atoms with van der Waals surface area (Å²) in [7, 11) is 0. The highest BCUT2D eigenvalue weighted by Gasteiger charge is 2.42. The molecule has 30 heavy (non-hydrogen) atoms. The summed E-state index contributed by atoms with van der Waals surface area (Å²) in [4.78, 5) is 37.5. The van der Waals surface area contributed by atoms with Gasteiger partial charge in [-0.25, -0.2) is 0 Å². The number of nitrogens with zero attached hydrogens (tertiary/aromatic N) is 1. The summed E-state index contributed by atoms with van der Waals surface area (Å²) in [5.41, 5.74) is 0.328. The molecule has 0 amide bonds. The maximum Gasteiger partial charge on any atom is 0.310 e. The van der Waals surface area contributed by atoms with E-state index in [0.717, 1.165) is 18.4 Å². The average Bonchev–Trinajstić information content (AvgIpc) is 2.68. The first kappa shape index (κ1) is 24.0. The van der Waals surface area contributed by atoms with Gasteiger partial charge in [-0.15, -0.1) is 0 Å². The van der Waals surface area contributed by atoms with Gasteiger partial charge in [0.2, 0.25) is 6.04 Å². The van der Waals surface area contributed by atoms with E-state index in [1.54, 1.807) is 0 Å². The Hall–Kier alpha value is -2.24. The van der Waals surface area contributed by atoms with Crippen molar-refractivity contribution < 1.29 is 19.2 Å². The first-order valence-corrected chi connectivity index (χ1v) is 11.0. The molecule has 1 aromatic rings. The molecule has 1 aliphatic carbocycles. The van der Waals surface area contributed by atoms with Gasteiger partial charge < -0.3 is 4.74 Å². The molecule has 0 aliphatic heterocycles. The van der Waals surface area contributed by atoms with Crippen LogP contribution >= 0.6 is 0 Å². The number of Topliss-reactive ketones (excluding diaryl/α,β-unsaturated/α-hetero) is 1. The standard InChI is InChI=1S/C24H35NO5/c1-5-19(20-13-9-10-14-21(20)25(28)29)22(26)16-18(23(27)30-24(2,3)4)15-17-11-7-6-8-12-17/h6-8,11-12,18-21H,5,9-10,13-16H2,1-4H3/t18-,19+,20+,21+/m0/s1. The molecular formula is C24H35NO5. The molecule has 0 saturated heterocycles. The molecule has 4 atom stereocenters. The van der Waals surface area contributed by atoms with Crippen LogP contribution in [0.15, 0.2) is 30.3 Å². The van der Waals surface area contributed by atoms with Gasteiger partial charge in [-0.1, -0.05) is 43.7 Å². The third kappa shape index (κ3) is 6.92. The predicted octanol–water partition coefficient (Wildman–Crippen LogP) is 5.01. The third-order valence-electron chi connectivity index (χ3n) is 5.94. The minimum Gasteiger partial charge on any atom is -0.460 e. The third-order valence-corrected chi connectivity index (χ3v) is 5.94. The Morgan fingerprint density at radius 3 is 2.37 bits per heavy atom. The van der Waals surface area contributed by atoms with Gasteiger partial charge >= 0.3 is 5.97 Å². The number of carbonyl (C=O) groups is 2. The predicted molar refractivity (Wildman–Crippen MR) is 116 cm³/mol. The van der Waals surface area contributed by atoms with E-state index in [-0.39, 0.29) is 34.9 Å². The molecule has 6 heteroatoms. The fourth-order valence-electron chi connectivity index (χ4n) is 4.56. The van der Waals surface area contributed by atoms with Crippen LogP contribution in [0.4, 0.5) is 0 Å². The Morgan fingerprint density at radius 1 is 1.17 bits per heavy atom. The summed E-state index contributed by atoms with van der Waals surface area (Å²) in [5, 5.41) is 11.6. The number of carbonyl (C=O) groups excluding carboxylic acids is 2. The maximum atomic E-state index is 13.3. The van der Waals surface area contributed by atoms with Crippen LogP contribution in [-0.2, 0) is 20.7 Å². The van der Waals surface area contributed by atoms with Gasteiger partial charge in [0.05, 0.1) is 5.92 Å². The summed E-state index contributed by atoms with van der Waals surface area (Å²) in [6.07, 6.45) is 4.01. The first-order valence-electron chi connectivity index (χ1n) is 11.0. The summed E-state index contributed by atoms with van der Waals surface area (Å²) in [6.45, 7) is 7.34. The molecule has 1 fully saturated rings. The van der Waals surface area contributed by atoms with Gasteiger partial charge in [0, 0.05) is 29.6 Å². The number of hydrogen-bond donors (Lipinski definition) is 0. The number of hydrogen-bond acceptors (Lipinski definition) is 5. The number of ketones is 1. The summed E-state index contributed by atoms with van der Waals surface area (Å²) in [6, 6.07) is 8.92. The van der Waals surface area contributed by atoms with Gasteiger partial charge in [0.25, 0.3) is 0 Å². The van der Waals surface area contributed by atoms with Gasteiger partial charge in [-0.3, -0.25) is 19.7 Å². The van der Waals surface area contributed by atoms with Crippen LogP contribution in [0, 0.1) is 27.9 Å². The minimum atomic E-state index is -0.665. The normalized spacial score (nSPS) is 21.5. The highest BCUT2D eigenvalue weighted by molar-refractivity contribution is 5.86. The molecule has 6 nitrogen and oxygen atoms in total. The minimum absolute atomic E-state index is 0.0527. The zero-order chi connectivity index (χ0) is 22.3. The van der Waals surface area contributed by atoms with Gasteiger partial charge in [-0.05, 0) is 52.0 Å². The van der Waals surface area contributed by atoms with Crippen LogP contribution in [0.2, 0.25) is 0 Å². The molecule has 1 aliphatic rings. The quantitative estimate of drug-likeness (QED) is 0.320. The van der Waals surface area contributed by atoms with Crippen LogP contribution in [-0.4, -0.2) is 28.3 Å². The van der Waals surface area contributed by atoms with Gasteiger partial charge in [0.1, 0.15) is 11.4 Å². The van der Waals surface area contributed by atoms with Crippen molar-refractivity contribution in [2.45, 2.75) is 84.3 Å². The lowest BCUT2D eigenvalue weighted by atomic mass is 9.72. The van der Waals surface area contributed by atoms with Crippen molar-refractivity contribution in [2.75, 3.05) is 0 Å². The van der Waals surface area contributed by atoms with Crippen molar-refractivity contribution in [1.29, 1.82) is 0 Å². The Labute approximate surface area is 179 Å². The van der Waals surface area contributed by atoms with Crippen LogP contribution in [0.1, 0.15) is 71.8 Å². The molecule has 1 saturated carbocycles. The Balaban J connectivity index is 2.19. The Bertz CT molecular complexity index is 725. The lowest BCUT2D eigenvalue weighted by Crippen LogP contribution is -2.40. The fraction of sp³-hybridized carbons (Fsp3) is 0.667. The van der Waals surface area contributed by atoms with Gasteiger partial charge in [-0.2, -0.15) is 0 Å². The smallest absolute Gasteiger partial charge is 0.310 e. The van der Waals surface area contributed by atoms with Crippen LogP contribution in [0.25, 0.3) is 0 Å². The summed E-state index contributed by atoms with van der Waals surface area (Å²) < 4.78 is 5.59. The van der Waals surface area contributed by atoms with E-state index < -0.39 is 17.6 Å². The number of ether oxygens (including phenoxy) is 1. The van der Waals surface area contributed by atoms with Gasteiger partial charge in [0.15, 0.2) is 0 Å². The monoisotopic (exact) mass is 417 g/mol. The fourth-order valence-corrected chi connectivity index (χ4v) is 4.56. The molecule has 0 spiro atoms. The number of benzene rings is 1. The number of esters is 1. The van der Waals surface area contributed by atoms with Crippen LogP contribution in [0.5, 0.6) is 0 Å². The van der Waals surface area contributed by atoms with Crippen molar-refractivity contribution >= 4 is 11.8 Å². The highest BCUT2D eigenvalue weighted by atomic mass is 16.6. The number of nitro groups is 1. The maximum absolute atomic E-state index is 13.3. The second-order valence-corrected chi connectivity index (χ2v) is 9.41. The molecule has 0 radical (unpaired) electrons. The van der Waals surface area contributed by atoms with E-state index in [4.69, 9.17) is 4.74 Å². The van der Waals surface area contributed by atoms with Crippen molar-refractivity contribution in [3.8, 4) is 0 Å². The highest BCUT2D eigenvalue weighted by Crippen LogP contribution is 2.35. The molecule has 0 unspecified atom stereocenters. The van der Waals surface area contributed by atoms with Crippen molar-refractivity contribution in [1.82, 2.24) is 0 Å². The zero-order valence-electron chi connectivity index (χ0n) is 18.6. The lowest BCUT2D eigenvalue weighted by Gasteiger charge is -2.32. The summed E-state index contributed by atoms with van der Waals surface area (Å²) >= 11 is 0. The molecule has 2 rings (SSSR count). The summed E-state index contributed by atoms with van der Waals surface area (Å²) in [5.74, 6) is -1.67. The van der Waals surface area contributed by atoms with Crippen molar-refractivity contribution in [3.05, 3.63) is 46.0 Å². The topological polar surface area (TPSA) is 86.5 Å². The second kappa shape index (κ2) is 10.7. The molecule has 1 aromatic carbocycles. The molecule has 0 aromatic heterocycles. The largest absolute Gasteiger partial charge is 0.460 e. The van der Waals surface area contributed by atoms with Crippen molar-refractivity contribution in [2.24, 2.45) is 17.8 Å². The average molecular weight is 418 g/mol. The SMILES string of the molecule is CC[C@@H](C(=O)C[C@H](Cc1ccccc1)C(=O)OC(C)(C)C)[C@H]1CCCC[C@H]1[N+](=O)[O-]. The van der Waals surface area contributed by atoms with E-state index in [0.29, 0.717) is 25.7 Å². The molecule has 0 heterocycles. The van der Waals surface area contributed by atoms with Crippen LogP contribution < -0.4 is 0 Å². The lowest BCUT2D eigenvalue weighted by molar-refractivity contribution is -0.537. The second-order valence-electron chi connectivity index (χ2n) is 9.41. The van der Waals surface area contributed by atoms with E-state index in [1.165, 1.54) is 0 Å². The number of rotatable bonds is 9. The molecule has 166 valence electrons. The molecular weight excluding hydrogens is 382 g/mol. The van der Waals surface area contributed by atoms with Crippen molar-refractivity contribution in [3.63, 3.8) is 0 Å². The zero-order valence-corrected chi connectivity index (χ0v) is 18.6. The molecule has 0 bridgehead atoms. The molecule has 0 N–H and O–H groups in total. The van der Waals surface area contributed by atoms with E-state index >= 15 is 0 Å². The van der Waals surface area contributed by atoms with E-state index in [2.05, 4.69) is 0 Å². The first-order chi connectivity index (χ1) is 14.1. The van der Waals surface area contributed by atoms with E-state index in [1.807, 2.05) is 58.0 Å². The van der Waals surface area contributed by atoms with Crippen LogP contribution in [0.3, 0.4) is 0 Å². The Morgan fingerprint density at radius 2 is 1.80 bits per heavy atom. The van der Waals surface area contributed by atoms with E-state index in [9.17, 15) is 19.7 Å². The Kier molecular flexibility index (Phi) is 8.56.